The number of fused-ring (bicyclic) bond motifs is 2. The van der Waals surface area contributed by atoms with Crippen LogP contribution >= 0.6 is 0 Å². The maximum atomic E-state index is 12.8. The maximum absolute atomic E-state index is 12.8. The number of aryl methyl sites for hydroxylation is 1. The highest BCUT2D eigenvalue weighted by atomic mass is 16.3. The minimum absolute atomic E-state index is 0.0564. The van der Waals surface area contributed by atoms with Crippen molar-refractivity contribution in [1.29, 1.82) is 0 Å². The fraction of sp³-hybridized carbons (Fsp3) is 0.250. The van der Waals surface area contributed by atoms with Crippen molar-refractivity contribution in [3.05, 3.63) is 78.1 Å². The molecule has 0 aliphatic heterocycles. The molecule has 5 nitrogen and oxygen atoms in total. The van der Waals surface area contributed by atoms with Crippen molar-refractivity contribution in [2.45, 2.75) is 32.4 Å². The first-order chi connectivity index (χ1) is 14.2. The summed E-state index contributed by atoms with van der Waals surface area (Å²) in [7, 11) is 0. The molecular weight excluding hydrogens is 362 g/mol. The lowest BCUT2D eigenvalue weighted by molar-refractivity contribution is -0.122. The number of imidazole rings is 1. The molecule has 1 heterocycles. The van der Waals surface area contributed by atoms with Gasteiger partial charge in [0.2, 0.25) is 5.91 Å². The number of benzene rings is 3. The average molecular weight is 387 g/mol. The van der Waals surface area contributed by atoms with Crippen molar-refractivity contribution in [2.75, 3.05) is 6.61 Å². The van der Waals surface area contributed by atoms with E-state index < -0.39 is 0 Å². The first kappa shape index (κ1) is 19.2. The summed E-state index contributed by atoms with van der Waals surface area (Å²) in [5, 5.41) is 14.6. The zero-order valence-electron chi connectivity index (χ0n) is 16.5. The molecule has 0 aliphatic carbocycles. The molecule has 2 N–H and O–H groups in total. The van der Waals surface area contributed by atoms with E-state index in [0.29, 0.717) is 12.8 Å². The van der Waals surface area contributed by atoms with E-state index >= 15 is 0 Å². The minimum atomic E-state index is -0.0946. The summed E-state index contributed by atoms with van der Waals surface area (Å²) in [6.45, 7) is 2.31. The van der Waals surface area contributed by atoms with Gasteiger partial charge in [0.05, 0.1) is 17.1 Å². The number of carbonyl (C=O) groups is 1. The van der Waals surface area contributed by atoms with E-state index in [1.807, 2.05) is 47.9 Å². The van der Waals surface area contributed by atoms with E-state index in [0.717, 1.165) is 27.8 Å². The Morgan fingerprint density at radius 2 is 1.83 bits per heavy atom. The zero-order chi connectivity index (χ0) is 20.2. The van der Waals surface area contributed by atoms with Crippen LogP contribution in [0.4, 0.5) is 0 Å². The Balaban J connectivity index is 1.52. The van der Waals surface area contributed by atoms with Crippen LogP contribution in [-0.4, -0.2) is 27.2 Å². The first-order valence-corrected chi connectivity index (χ1v) is 9.99. The number of rotatable bonds is 7. The summed E-state index contributed by atoms with van der Waals surface area (Å²) >= 11 is 0. The predicted molar refractivity (Wildman–Crippen MR) is 116 cm³/mol. The molecule has 4 rings (SSSR count). The highest BCUT2D eigenvalue weighted by molar-refractivity contribution is 5.84. The van der Waals surface area contributed by atoms with Gasteiger partial charge in [-0.25, -0.2) is 4.98 Å². The van der Waals surface area contributed by atoms with Gasteiger partial charge in [0.15, 0.2) is 0 Å². The average Bonchev–Trinajstić information content (AvgIpc) is 3.09. The van der Waals surface area contributed by atoms with Crippen molar-refractivity contribution < 1.29 is 9.90 Å². The van der Waals surface area contributed by atoms with Crippen LogP contribution in [0.25, 0.3) is 21.8 Å². The minimum Gasteiger partial charge on any atom is -0.396 e. The summed E-state index contributed by atoms with van der Waals surface area (Å²) in [6.07, 6.45) is 1.26. The van der Waals surface area contributed by atoms with Gasteiger partial charge in [-0.1, -0.05) is 48.5 Å². The second-order valence-corrected chi connectivity index (χ2v) is 7.33. The number of para-hydroxylation sites is 2. The maximum Gasteiger partial charge on any atom is 0.240 e. The smallest absolute Gasteiger partial charge is 0.240 e. The number of aliphatic hydroxyl groups is 1. The topological polar surface area (TPSA) is 67.2 Å². The van der Waals surface area contributed by atoms with E-state index in [-0.39, 0.29) is 25.1 Å². The summed E-state index contributed by atoms with van der Waals surface area (Å²) in [5.41, 5.74) is 2.89. The number of hydrogen-bond donors (Lipinski definition) is 2. The van der Waals surface area contributed by atoms with Gasteiger partial charge in [-0.05, 0) is 47.9 Å². The Morgan fingerprint density at radius 3 is 2.66 bits per heavy atom. The molecule has 0 aliphatic rings. The Labute approximate surface area is 170 Å². The normalized spacial score (nSPS) is 12.3. The fourth-order valence-electron chi connectivity index (χ4n) is 3.72. The third kappa shape index (κ3) is 4.15. The Bertz CT molecular complexity index is 1150. The number of amides is 1. The third-order valence-electron chi connectivity index (χ3n) is 5.24. The lowest BCUT2D eigenvalue weighted by atomic mass is 10.0. The molecule has 4 aromatic rings. The van der Waals surface area contributed by atoms with E-state index in [4.69, 9.17) is 0 Å². The Kier molecular flexibility index (Phi) is 5.58. The molecule has 0 fully saturated rings. The van der Waals surface area contributed by atoms with Crippen molar-refractivity contribution in [3.8, 4) is 0 Å². The molecule has 148 valence electrons. The number of carbonyl (C=O) groups excluding carboxylic acids is 1. The van der Waals surface area contributed by atoms with Gasteiger partial charge in [-0.15, -0.1) is 0 Å². The van der Waals surface area contributed by atoms with Gasteiger partial charge in [0.25, 0.3) is 0 Å². The van der Waals surface area contributed by atoms with Crippen LogP contribution in [0.3, 0.4) is 0 Å². The molecule has 1 aromatic heterocycles. The third-order valence-corrected chi connectivity index (χ3v) is 5.24. The van der Waals surface area contributed by atoms with Crippen LogP contribution in [0.15, 0.2) is 66.7 Å². The second-order valence-electron chi connectivity index (χ2n) is 7.33. The Morgan fingerprint density at radius 1 is 1.07 bits per heavy atom. The summed E-state index contributed by atoms with van der Waals surface area (Å²) in [4.78, 5) is 17.5. The van der Waals surface area contributed by atoms with Crippen molar-refractivity contribution in [1.82, 2.24) is 14.9 Å². The number of nitrogens with zero attached hydrogens (tertiary/aromatic N) is 2. The molecular formula is C24H25N3O2. The molecule has 1 amide bonds. The van der Waals surface area contributed by atoms with Crippen LogP contribution in [0.2, 0.25) is 0 Å². The highest BCUT2D eigenvalue weighted by Crippen LogP contribution is 2.21. The van der Waals surface area contributed by atoms with Crippen LogP contribution < -0.4 is 5.32 Å². The van der Waals surface area contributed by atoms with Gasteiger partial charge in [-0.2, -0.15) is 0 Å². The molecule has 29 heavy (non-hydrogen) atoms. The number of aliphatic hydroxyl groups excluding tert-OH is 1. The zero-order valence-corrected chi connectivity index (χ0v) is 16.5. The lowest BCUT2D eigenvalue weighted by Crippen LogP contribution is -2.30. The molecule has 1 atom stereocenters. The monoisotopic (exact) mass is 387 g/mol. The summed E-state index contributed by atoms with van der Waals surface area (Å²) in [5.74, 6) is 0.771. The molecule has 0 bridgehead atoms. The molecule has 0 unspecified atom stereocenters. The van der Waals surface area contributed by atoms with Gasteiger partial charge in [0, 0.05) is 13.0 Å². The number of hydrogen-bond acceptors (Lipinski definition) is 3. The molecule has 0 saturated carbocycles. The van der Waals surface area contributed by atoms with Crippen LogP contribution in [0.1, 0.15) is 30.8 Å². The van der Waals surface area contributed by atoms with Gasteiger partial charge in [0.1, 0.15) is 12.4 Å². The van der Waals surface area contributed by atoms with Crippen molar-refractivity contribution in [2.24, 2.45) is 0 Å². The summed E-state index contributed by atoms with van der Waals surface area (Å²) < 4.78 is 1.95. The van der Waals surface area contributed by atoms with Gasteiger partial charge in [-0.3, -0.25) is 4.79 Å². The quantitative estimate of drug-likeness (QED) is 0.504. The molecule has 0 spiro atoms. The van der Waals surface area contributed by atoms with E-state index in [1.165, 1.54) is 5.39 Å². The van der Waals surface area contributed by atoms with Gasteiger partial charge < -0.3 is 15.0 Å². The standard InChI is InChI=1S/C24H25N3O2/c1-17(19-13-12-18-7-2-3-8-20(18)15-19)25-24(29)16-27-22-10-5-4-9-21(22)26-23(27)11-6-14-28/h2-5,7-10,12-13,15,17,28H,6,11,14,16H2,1H3,(H,25,29)/t17-/m1/s1. The van der Waals surface area contributed by atoms with Crippen LogP contribution in [0.5, 0.6) is 0 Å². The lowest BCUT2D eigenvalue weighted by Gasteiger charge is -2.16. The van der Waals surface area contributed by atoms with Crippen molar-refractivity contribution in [3.63, 3.8) is 0 Å². The van der Waals surface area contributed by atoms with Crippen LogP contribution in [0, 0.1) is 0 Å². The number of nitrogens with one attached hydrogen (secondary N) is 1. The number of aromatic nitrogens is 2. The predicted octanol–water partition coefficient (Wildman–Crippen LogP) is 3.99. The first-order valence-electron chi connectivity index (χ1n) is 9.99. The SMILES string of the molecule is C[C@@H](NC(=O)Cn1c(CCCO)nc2ccccc21)c1ccc2ccccc2c1. The Hall–Kier alpha value is -3.18. The van der Waals surface area contributed by atoms with E-state index in [2.05, 4.69) is 40.6 Å². The van der Waals surface area contributed by atoms with Crippen molar-refractivity contribution >= 4 is 27.7 Å². The fourth-order valence-corrected chi connectivity index (χ4v) is 3.72. The van der Waals surface area contributed by atoms with E-state index in [9.17, 15) is 9.90 Å². The molecule has 0 saturated heterocycles. The molecule has 5 heteroatoms. The second kappa shape index (κ2) is 8.45. The summed E-state index contributed by atoms with van der Waals surface area (Å²) in [6, 6.07) is 22.2. The van der Waals surface area contributed by atoms with Gasteiger partial charge >= 0.3 is 0 Å². The highest BCUT2D eigenvalue weighted by Gasteiger charge is 2.15. The molecule has 0 radical (unpaired) electrons. The largest absolute Gasteiger partial charge is 0.396 e. The molecule has 3 aromatic carbocycles. The van der Waals surface area contributed by atoms with Crippen LogP contribution in [-0.2, 0) is 17.8 Å². The van der Waals surface area contributed by atoms with E-state index in [1.54, 1.807) is 0 Å².